The number of hydrogen-bond donors (Lipinski definition) is 1. The van der Waals surface area contributed by atoms with Crippen molar-refractivity contribution in [1.29, 1.82) is 0 Å². The van der Waals surface area contributed by atoms with Gasteiger partial charge in [0.05, 0.1) is 17.6 Å². The number of nitrogens with zero attached hydrogens (tertiary/aromatic N) is 3. The summed E-state index contributed by atoms with van der Waals surface area (Å²) in [6.07, 6.45) is 5.11. The molecule has 1 N–H and O–H groups in total. The number of aryl methyl sites for hydroxylation is 2. The molecule has 6 nitrogen and oxygen atoms in total. The molecule has 1 saturated heterocycles. The van der Waals surface area contributed by atoms with Gasteiger partial charge in [-0.3, -0.25) is 24.8 Å². The third-order valence-corrected chi connectivity index (χ3v) is 5.32. The zero-order valence-corrected chi connectivity index (χ0v) is 17.7. The minimum absolute atomic E-state index is 0.0385. The third kappa shape index (κ3) is 3.44. The Balaban J connectivity index is 1.77. The van der Waals surface area contributed by atoms with Gasteiger partial charge in [-0.2, -0.15) is 0 Å². The van der Waals surface area contributed by atoms with Crippen molar-refractivity contribution in [3.05, 3.63) is 82.9 Å². The second-order valence-electron chi connectivity index (χ2n) is 7.17. The van der Waals surface area contributed by atoms with Crippen molar-refractivity contribution in [3.8, 4) is 5.69 Å². The van der Waals surface area contributed by atoms with Gasteiger partial charge >= 0.3 is 0 Å². The standard InChI is InChI=1S/C23H20N4O2S/c1-14-6-4-7-18(10-14)27-22(29)20(21(28)25-23(27)30)12-17-11-15(2)26(16(17)3)19-8-5-9-24-13-19/h4-13H,1-3H3,(H,25,28,30)/b20-12+. The maximum atomic E-state index is 13.2. The molecule has 1 aliphatic heterocycles. The van der Waals surface area contributed by atoms with Gasteiger partial charge in [-0.25, -0.2) is 0 Å². The molecular formula is C23H20N4O2S. The molecule has 30 heavy (non-hydrogen) atoms. The SMILES string of the molecule is Cc1cccc(N2C(=O)/C(=C/c3cc(C)n(-c4cccnc4)c3C)C(=O)NC2=S)c1. The molecule has 4 rings (SSSR count). The quantitative estimate of drug-likeness (QED) is 0.402. The first-order chi connectivity index (χ1) is 14.4. The van der Waals surface area contributed by atoms with Crippen molar-refractivity contribution < 1.29 is 9.59 Å². The first-order valence-electron chi connectivity index (χ1n) is 9.44. The molecular weight excluding hydrogens is 396 g/mol. The number of pyridine rings is 1. The van der Waals surface area contributed by atoms with E-state index in [-0.39, 0.29) is 10.7 Å². The molecule has 1 aromatic carbocycles. The van der Waals surface area contributed by atoms with Crippen LogP contribution in [0.3, 0.4) is 0 Å². The molecule has 3 heterocycles. The van der Waals surface area contributed by atoms with Gasteiger partial charge < -0.3 is 4.57 Å². The molecule has 7 heteroatoms. The average molecular weight is 417 g/mol. The molecule has 0 spiro atoms. The lowest BCUT2D eigenvalue weighted by Crippen LogP contribution is -2.54. The number of carbonyl (C=O) groups is 2. The van der Waals surface area contributed by atoms with Crippen LogP contribution >= 0.6 is 12.2 Å². The van der Waals surface area contributed by atoms with Gasteiger partial charge in [0, 0.05) is 17.6 Å². The first-order valence-corrected chi connectivity index (χ1v) is 9.85. The topological polar surface area (TPSA) is 67.2 Å². The smallest absolute Gasteiger partial charge is 0.270 e. The fourth-order valence-electron chi connectivity index (χ4n) is 3.63. The van der Waals surface area contributed by atoms with Crippen molar-refractivity contribution in [2.75, 3.05) is 4.90 Å². The third-order valence-electron chi connectivity index (χ3n) is 5.04. The summed E-state index contributed by atoms with van der Waals surface area (Å²) in [6, 6.07) is 13.2. The Morgan fingerprint density at radius 2 is 1.80 bits per heavy atom. The number of rotatable bonds is 3. The fraction of sp³-hybridized carbons (Fsp3) is 0.130. The second-order valence-corrected chi connectivity index (χ2v) is 7.56. The number of thiocarbonyl (C=S) groups is 1. The van der Waals surface area contributed by atoms with Gasteiger partial charge in [0.15, 0.2) is 5.11 Å². The van der Waals surface area contributed by atoms with Gasteiger partial charge in [-0.15, -0.1) is 0 Å². The van der Waals surface area contributed by atoms with E-state index in [9.17, 15) is 9.59 Å². The number of carbonyl (C=O) groups excluding carboxylic acids is 2. The van der Waals surface area contributed by atoms with Crippen LogP contribution in [0.15, 0.2) is 60.4 Å². The van der Waals surface area contributed by atoms with E-state index in [4.69, 9.17) is 12.2 Å². The molecule has 3 aromatic rings. The van der Waals surface area contributed by atoms with E-state index in [1.165, 1.54) is 4.90 Å². The predicted octanol–water partition coefficient (Wildman–Crippen LogP) is 3.63. The van der Waals surface area contributed by atoms with Crippen molar-refractivity contribution in [3.63, 3.8) is 0 Å². The Bertz CT molecular complexity index is 1210. The summed E-state index contributed by atoms with van der Waals surface area (Å²) in [4.78, 5) is 31.4. The molecule has 1 fully saturated rings. The first kappa shape index (κ1) is 19.7. The van der Waals surface area contributed by atoms with Gasteiger partial charge in [-0.1, -0.05) is 12.1 Å². The Hall–Kier alpha value is -3.58. The highest BCUT2D eigenvalue weighted by Gasteiger charge is 2.34. The van der Waals surface area contributed by atoms with E-state index in [1.54, 1.807) is 24.5 Å². The summed E-state index contributed by atoms with van der Waals surface area (Å²) in [5, 5.41) is 2.71. The highest BCUT2D eigenvalue weighted by molar-refractivity contribution is 7.80. The molecule has 2 amide bonds. The lowest BCUT2D eigenvalue weighted by atomic mass is 10.1. The van der Waals surface area contributed by atoms with Crippen molar-refractivity contribution >= 4 is 40.9 Å². The highest BCUT2D eigenvalue weighted by atomic mass is 32.1. The predicted molar refractivity (Wildman–Crippen MR) is 120 cm³/mol. The van der Waals surface area contributed by atoms with Crippen LogP contribution in [-0.2, 0) is 9.59 Å². The number of hydrogen-bond acceptors (Lipinski definition) is 4. The summed E-state index contributed by atoms with van der Waals surface area (Å²) in [7, 11) is 0. The van der Waals surface area contributed by atoms with E-state index >= 15 is 0 Å². The van der Waals surface area contributed by atoms with Gasteiger partial charge in [0.1, 0.15) is 5.57 Å². The zero-order valence-electron chi connectivity index (χ0n) is 16.8. The Morgan fingerprint density at radius 1 is 1.03 bits per heavy atom. The van der Waals surface area contributed by atoms with E-state index in [2.05, 4.69) is 10.3 Å². The van der Waals surface area contributed by atoms with Gasteiger partial charge in [-0.05, 0) is 80.5 Å². The maximum Gasteiger partial charge on any atom is 0.270 e. The monoisotopic (exact) mass is 416 g/mol. The minimum Gasteiger partial charge on any atom is -0.316 e. The number of amides is 2. The molecule has 0 atom stereocenters. The Morgan fingerprint density at radius 3 is 2.50 bits per heavy atom. The molecule has 0 bridgehead atoms. The van der Waals surface area contributed by atoms with Crippen molar-refractivity contribution in [2.24, 2.45) is 0 Å². The van der Waals surface area contributed by atoms with Crippen LogP contribution < -0.4 is 10.2 Å². The van der Waals surface area contributed by atoms with Crippen LogP contribution in [0.5, 0.6) is 0 Å². The van der Waals surface area contributed by atoms with Gasteiger partial charge in [0.25, 0.3) is 11.8 Å². The zero-order chi connectivity index (χ0) is 21.4. The summed E-state index contributed by atoms with van der Waals surface area (Å²) < 4.78 is 2.04. The number of anilines is 1. The highest BCUT2D eigenvalue weighted by Crippen LogP contribution is 2.26. The van der Waals surface area contributed by atoms with Crippen LogP contribution in [0.1, 0.15) is 22.5 Å². The number of aromatic nitrogens is 2. The molecule has 0 unspecified atom stereocenters. The average Bonchev–Trinajstić information content (AvgIpc) is 2.99. The molecule has 0 saturated carbocycles. The van der Waals surface area contributed by atoms with E-state index < -0.39 is 11.8 Å². The number of benzene rings is 1. The summed E-state index contributed by atoms with van der Waals surface area (Å²) in [5.41, 5.74) is 5.23. The van der Waals surface area contributed by atoms with Crippen LogP contribution in [0.2, 0.25) is 0 Å². The molecule has 1 aliphatic rings. The summed E-state index contributed by atoms with van der Waals surface area (Å²) in [5.74, 6) is -0.944. The lowest BCUT2D eigenvalue weighted by Gasteiger charge is -2.29. The lowest BCUT2D eigenvalue weighted by molar-refractivity contribution is -0.122. The van der Waals surface area contributed by atoms with Crippen molar-refractivity contribution in [1.82, 2.24) is 14.9 Å². The minimum atomic E-state index is -0.500. The molecule has 0 radical (unpaired) electrons. The van der Waals surface area contributed by atoms with Crippen LogP contribution in [0.25, 0.3) is 11.8 Å². The van der Waals surface area contributed by atoms with Crippen LogP contribution in [0, 0.1) is 20.8 Å². The normalized spacial score (nSPS) is 15.6. The van der Waals surface area contributed by atoms with E-state index in [0.29, 0.717) is 5.69 Å². The van der Waals surface area contributed by atoms with Crippen molar-refractivity contribution in [2.45, 2.75) is 20.8 Å². The largest absolute Gasteiger partial charge is 0.316 e. The Kier molecular flexibility index (Phi) is 5.05. The molecule has 2 aromatic heterocycles. The van der Waals surface area contributed by atoms with Gasteiger partial charge in [0.2, 0.25) is 0 Å². The summed E-state index contributed by atoms with van der Waals surface area (Å²) in [6.45, 7) is 5.85. The van der Waals surface area contributed by atoms with E-state index in [0.717, 1.165) is 28.2 Å². The number of nitrogens with one attached hydrogen (secondary N) is 1. The fourth-order valence-corrected chi connectivity index (χ4v) is 3.91. The maximum absolute atomic E-state index is 13.2. The van der Waals surface area contributed by atoms with E-state index in [1.807, 2.05) is 61.7 Å². The summed E-state index contributed by atoms with van der Waals surface area (Å²) >= 11 is 5.27. The van der Waals surface area contributed by atoms with Crippen LogP contribution in [0.4, 0.5) is 5.69 Å². The second kappa shape index (κ2) is 7.68. The molecule has 150 valence electrons. The molecule has 0 aliphatic carbocycles. The van der Waals surface area contributed by atoms with Crippen LogP contribution in [-0.4, -0.2) is 26.5 Å². The Labute approximate surface area is 179 Å².